The molecule has 2 aromatic carbocycles. The van der Waals surface area contributed by atoms with Gasteiger partial charge in [-0.25, -0.2) is 0 Å². The van der Waals surface area contributed by atoms with Crippen molar-refractivity contribution in [2.45, 2.75) is 12.2 Å². The molecule has 1 aliphatic heterocycles. The SMILES string of the molecule is FC(F)(F)[C@@H](c1ccc(Oc2ccccc2)cc1)N1CCNCC1. The van der Waals surface area contributed by atoms with Crippen LogP contribution in [0.15, 0.2) is 54.6 Å². The normalized spacial score (nSPS) is 17.5. The molecule has 1 fully saturated rings. The van der Waals surface area contributed by atoms with Crippen LogP contribution in [-0.4, -0.2) is 37.3 Å². The molecule has 6 heteroatoms. The number of hydrogen-bond acceptors (Lipinski definition) is 3. The standard InChI is InChI=1S/C18H19F3N2O/c19-18(20,21)17(23-12-10-22-11-13-23)14-6-8-16(9-7-14)24-15-4-2-1-3-5-15/h1-9,17,22H,10-13H2/t17-/m1/s1. The predicted octanol–water partition coefficient (Wildman–Crippen LogP) is 3.99. The molecule has 1 aliphatic rings. The fourth-order valence-corrected chi connectivity index (χ4v) is 2.89. The molecule has 3 nitrogen and oxygen atoms in total. The molecule has 0 bridgehead atoms. The van der Waals surface area contributed by atoms with Crippen LogP contribution in [-0.2, 0) is 0 Å². The molecule has 0 aromatic heterocycles. The van der Waals surface area contributed by atoms with Gasteiger partial charge in [0.25, 0.3) is 0 Å². The minimum atomic E-state index is -4.31. The second-order valence-corrected chi connectivity index (χ2v) is 5.71. The number of hydrogen-bond donors (Lipinski definition) is 1. The molecule has 0 saturated carbocycles. The molecule has 0 unspecified atom stereocenters. The summed E-state index contributed by atoms with van der Waals surface area (Å²) in [5.74, 6) is 1.17. The Kier molecular flexibility index (Phi) is 5.06. The molecule has 0 amide bonds. The van der Waals surface area contributed by atoms with Gasteiger partial charge in [-0.3, -0.25) is 4.90 Å². The van der Waals surface area contributed by atoms with Crippen molar-refractivity contribution < 1.29 is 17.9 Å². The molecule has 1 atom stereocenters. The van der Waals surface area contributed by atoms with Crippen LogP contribution in [0, 0.1) is 0 Å². The summed E-state index contributed by atoms with van der Waals surface area (Å²) in [6.07, 6.45) is -4.31. The number of nitrogens with one attached hydrogen (secondary N) is 1. The third kappa shape index (κ3) is 4.07. The minimum Gasteiger partial charge on any atom is -0.457 e. The van der Waals surface area contributed by atoms with Gasteiger partial charge in [-0.1, -0.05) is 30.3 Å². The van der Waals surface area contributed by atoms with Gasteiger partial charge < -0.3 is 10.1 Å². The molecule has 0 radical (unpaired) electrons. The number of benzene rings is 2. The quantitative estimate of drug-likeness (QED) is 0.914. The van der Waals surface area contributed by atoms with E-state index in [1.165, 1.54) is 17.0 Å². The zero-order chi connectivity index (χ0) is 17.0. The number of alkyl halides is 3. The minimum absolute atomic E-state index is 0.241. The fraction of sp³-hybridized carbons (Fsp3) is 0.333. The van der Waals surface area contributed by atoms with Crippen LogP contribution in [0.1, 0.15) is 11.6 Å². The van der Waals surface area contributed by atoms with Crippen LogP contribution >= 0.6 is 0 Å². The predicted molar refractivity (Wildman–Crippen MR) is 86.2 cm³/mol. The average molecular weight is 336 g/mol. The van der Waals surface area contributed by atoms with E-state index in [9.17, 15) is 13.2 Å². The molecule has 128 valence electrons. The van der Waals surface area contributed by atoms with E-state index in [4.69, 9.17) is 4.74 Å². The van der Waals surface area contributed by atoms with Gasteiger partial charge in [0.1, 0.15) is 17.5 Å². The molecule has 1 saturated heterocycles. The zero-order valence-electron chi connectivity index (χ0n) is 13.1. The number of rotatable bonds is 4. The van der Waals surface area contributed by atoms with Crippen molar-refractivity contribution in [1.29, 1.82) is 0 Å². The topological polar surface area (TPSA) is 24.5 Å². The smallest absolute Gasteiger partial charge is 0.408 e. The maximum atomic E-state index is 13.5. The van der Waals surface area contributed by atoms with E-state index in [-0.39, 0.29) is 5.56 Å². The summed E-state index contributed by atoms with van der Waals surface area (Å²) in [5, 5.41) is 3.08. The highest BCUT2D eigenvalue weighted by Crippen LogP contribution is 2.38. The Hall–Kier alpha value is -2.05. The van der Waals surface area contributed by atoms with Crippen molar-refractivity contribution in [3.8, 4) is 11.5 Å². The van der Waals surface area contributed by atoms with Crippen LogP contribution in [0.5, 0.6) is 11.5 Å². The molecule has 2 aromatic rings. The number of nitrogens with zero attached hydrogens (tertiary/aromatic N) is 1. The maximum absolute atomic E-state index is 13.5. The molecular weight excluding hydrogens is 317 g/mol. The van der Waals surface area contributed by atoms with Crippen molar-refractivity contribution in [2.75, 3.05) is 26.2 Å². The molecule has 0 spiro atoms. The fourth-order valence-electron chi connectivity index (χ4n) is 2.89. The molecule has 1 N–H and O–H groups in total. The van der Waals surface area contributed by atoms with Crippen LogP contribution in [0.3, 0.4) is 0 Å². The van der Waals surface area contributed by atoms with Crippen LogP contribution in [0.2, 0.25) is 0 Å². The first-order valence-electron chi connectivity index (χ1n) is 7.88. The Morgan fingerprint density at radius 3 is 2.04 bits per heavy atom. The average Bonchev–Trinajstić information content (AvgIpc) is 2.57. The summed E-state index contributed by atoms with van der Waals surface area (Å²) < 4.78 is 46.3. The number of halogens is 3. The van der Waals surface area contributed by atoms with Crippen molar-refractivity contribution in [2.24, 2.45) is 0 Å². The second-order valence-electron chi connectivity index (χ2n) is 5.71. The van der Waals surface area contributed by atoms with E-state index >= 15 is 0 Å². The molecule has 1 heterocycles. The Morgan fingerprint density at radius 1 is 0.875 bits per heavy atom. The molecule has 3 rings (SSSR count). The largest absolute Gasteiger partial charge is 0.457 e. The van der Waals surface area contributed by atoms with Crippen LogP contribution in [0.4, 0.5) is 13.2 Å². The summed E-state index contributed by atoms with van der Waals surface area (Å²) in [4.78, 5) is 1.48. The van der Waals surface area contributed by atoms with Gasteiger partial charge in [0, 0.05) is 26.2 Å². The molecule has 0 aliphatic carbocycles. The molecular formula is C18H19F3N2O. The van der Waals surface area contributed by atoms with Gasteiger partial charge >= 0.3 is 6.18 Å². The van der Waals surface area contributed by atoms with Gasteiger partial charge in [-0.15, -0.1) is 0 Å². The van der Waals surface area contributed by atoms with Crippen molar-refractivity contribution >= 4 is 0 Å². The highest BCUT2D eigenvalue weighted by molar-refractivity contribution is 5.34. The Bertz CT molecular complexity index is 638. The first kappa shape index (κ1) is 16.8. The van der Waals surface area contributed by atoms with Crippen LogP contribution in [0.25, 0.3) is 0 Å². The monoisotopic (exact) mass is 336 g/mol. The van der Waals surface area contributed by atoms with Crippen LogP contribution < -0.4 is 10.1 Å². The number of piperazine rings is 1. The highest BCUT2D eigenvalue weighted by atomic mass is 19.4. The second kappa shape index (κ2) is 7.23. The maximum Gasteiger partial charge on any atom is 0.408 e. The molecule has 24 heavy (non-hydrogen) atoms. The summed E-state index contributed by atoms with van der Waals surface area (Å²) in [6.45, 7) is 1.91. The van der Waals surface area contributed by atoms with E-state index in [2.05, 4.69) is 5.32 Å². The Labute approximate surface area is 139 Å². The third-order valence-electron chi connectivity index (χ3n) is 4.00. The first-order chi connectivity index (χ1) is 11.5. The Morgan fingerprint density at radius 2 is 1.46 bits per heavy atom. The lowest BCUT2D eigenvalue weighted by Crippen LogP contribution is -2.49. The summed E-state index contributed by atoms with van der Waals surface area (Å²) in [7, 11) is 0. The Balaban J connectivity index is 1.78. The highest BCUT2D eigenvalue weighted by Gasteiger charge is 2.44. The lowest BCUT2D eigenvalue weighted by molar-refractivity contribution is -0.187. The first-order valence-corrected chi connectivity index (χ1v) is 7.88. The summed E-state index contributed by atoms with van der Waals surface area (Å²) >= 11 is 0. The van der Waals surface area contributed by atoms with Gasteiger partial charge in [0.05, 0.1) is 0 Å². The summed E-state index contributed by atoms with van der Waals surface area (Å²) in [5.41, 5.74) is 0.241. The van der Waals surface area contributed by atoms with Gasteiger partial charge in [-0.05, 0) is 29.8 Å². The van der Waals surface area contributed by atoms with Crippen molar-refractivity contribution in [1.82, 2.24) is 10.2 Å². The van der Waals surface area contributed by atoms with E-state index < -0.39 is 12.2 Å². The summed E-state index contributed by atoms with van der Waals surface area (Å²) in [6, 6.07) is 13.7. The van der Waals surface area contributed by atoms with E-state index in [1.54, 1.807) is 24.3 Å². The van der Waals surface area contributed by atoms with E-state index in [0.29, 0.717) is 37.7 Å². The van der Waals surface area contributed by atoms with Gasteiger partial charge in [0.15, 0.2) is 0 Å². The lowest BCUT2D eigenvalue weighted by atomic mass is 10.0. The number of ether oxygens (including phenoxy) is 1. The third-order valence-corrected chi connectivity index (χ3v) is 4.00. The van der Waals surface area contributed by atoms with E-state index in [0.717, 1.165) is 0 Å². The van der Waals surface area contributed by atoms with Crippen molar-refractivity contribution in [3.63, 3.8) is 0 Å². The van der Waals surface area contributed by atoms with Gasteiger partial charge in [0.2, 0.25) is 0 Å². The van der Waals surface area contributed by atoms with E-state index in [1.807, 2.05) is 18.2 Å². The zero-order valence-corrected chi connectivity index (χ0v) is 13.1. The van der Waals surface area contributed by atoms with Gasteiger partial charge in [-0.2, -0.15) is 13.2 Å². The van der Waals surface area contributed by atoms with Crippen molar-refractivity contribution in [3.05, 3.63) is 60.2 Å². The lowest BCUT2D eigenvalue weighted by Gasteiger charge is -2.36. The number of para-hydroxylation sites is 1.